The molecule has 3 atom stereocenters. The van der Waals surface area contributed by atoms with Crippen molar-refractivity contribution < 1.29 is 14.6 Å². The van der Waals surface area contributed by atoms with Crippen molar-refractivity contribution in [3.05, 3.63) is 0 Å². The van der Waals surface area contributed by atoms with Crippen LogP contribution in [0.2, 0.25) is 0 Å². The van der Waals surface area contributed by atoms with Crippen molar-refractivity contribution in [2.24, 2.45) is 11.8 Å². The van der Waals surface area contributed by atoms with Gasteiger partial charge in [-0.1, -0.05) is 19.3 Å². The Labute approximate surface area is 124 Å². The zero-order chi connectivity index (χ0) is 15.0. The van der Waals surface area contributed by atoms with Crippen LogP contribution in [0.15, 0.2) is 0 Å². The maximum Gasteiger partial charge on any atom is 0.0862 e. The van der Waals surface area contributed by atoms with Crippen molar-refractivity contribution >= 4 is 0 Å². The van der Waals surface area contributed by atoms with Crippen LogP contribution in [0.25, 0.3) is 0 Å². The van der Waals surface area contributed by atoms with Crippen molar-refractivity contribution in [1.29, 1.82) is 0 Å². The third-order valence-corrected chi connectivity index (χ3v) is 5.28. The summed E-state index contributed by atoms with van der Waals surface area (Å²) in [6.45, 7) is 8.43. The van der Waals surface area contributed by atoms with Gasteiger partial charge in [0.25, 0.3) is 0 Å². The molecule has 1 N–H and O–H groups in total. The van der Waals surface area contributed by atoms with Crippen LogP contribution >= 0.6 is 0 Å². The van der Waals surface area contributed by atoms with Crippen LogP contribution in [0, 0.1) is 11.8 Å². The SMILES string of the molecule is COC(C1CCCCC1)C(O)C1CC(C)(C)OC1(C)C. The molecule has 0 radical (unpaired) electrons. The Morgan fingerprint density at radius 3 is 2.15 bits per heavy atom. The topological polar surface area (TPSA) is 38.7 Å². The highest BCUT2D eigenvalue weighted by atomic mass is 16.5. The third kappa shape index (κ3) is 3.37. The van der Waals surface area contributed by atoms with Crippen molar-refractivity contribution in [2.75, 3.05) is 7.11 Å². The van der Waals surface area contributed by atoms with Gasteiger partial charge in [-0.15, -0.1) is 0 Å². The smallest absolute Gasteiger partial charge is 0.0862 e. The molecule has 0 spiro atoms. The zero-order valence-corrected chi connectivity index (χ0v) is 13.8. The molecule has 0 aromatic heterocycles. The Bertz CT molecular complexity index is 318. The molecule has 2 aliphatic rings. The summed E-state index contributed by atoms with van der Waals surface area (Å²) in [6, 6.07) is 0. The molecule has 2 fully saturated rings. The van der Waals surface area contributed by atoms with Crippen LogP contribution in [-0.4, -0.2) is 35.6 Å². The van der Waals surface area contributed by atoms with E-state index in [-0.39, 0.29) is 23.2 Å². The summed E-state index contributed by atoms with van der Waals surface area (Å²) in [6.07, 6.45) is 6.67. The van der Waals surface area contributed by atoms with Gasteiger partial charge in [-0.3, -0.25) is 0 Å². The summed E-state index contributed by atoms with van der Waals surface area (Å²) in [5.41, 5.74) is -0.436. The summed E-state index contributed by atoms with van der Waals surface area (Å²) in [7, 11) is 1.75. The molecule has 0 aromatic carbocycles. The zero-order valence-electron chi connectivity index (χ0n) is 13.8. The van der Waals surface area contributed by atoms with Crippen molar-refractivity contribution in [1.82, 2.24) is 0 Å². The second-order valence-corrected chi connectivity index (χ2v) is 7.86. The van der Waals surface area contributed by atoms with Gasteiger partial charge in [-0.2, -0.15) is 0 Å². The number of aliphatic hydroxyl groups is 1. The quantitative estimate of drug-likeness (QED) is 0.858. The second-order valence-electron chi connectivity index (χ2n) is 7.86. The number of ether oxygens (including phenoxy) is 2. The van der Waals surface area contributed by atoms with Gasteiger partial charge in [0.05, 0.1) is 23.4 Å². The lowest BCUT2D eigenvalue weighted by Gasteiger charge is -2.38. The predicted octanol–water partition coefficient (Wildman–Crippen LogP) is 3.54. The minimum absolute atomic E-state index is 0.0444. The fraction of sp³-hybridized carbons (Fsp3) is 1.00. The summed E-state index contributed by atoms with van der Waals surface area (Å²) >= 11 is 0. The molecule has 0 aromatic rings. The Kier molecular flexibility index (Phi) is 4.83. The number of methoxy groups -OCH3 is 1. The molecule has 1 heterocycles. The lowest BCUT2D eigenvalue weighted by atomic mass is 9.75. The van der Waals surface area contributed by atoms with Crippen LogP contribution in [0.4, 0.5) is 0 Å². The normalized spacial score (nSPS) is 33.0. The standard InChI is InChI=1S/C17H32O3/c1-16(2)11-13(17(3,4)20-16)14(18)15(19-5)12-9-7-6-8-10-12/h12-15,18H,6-11H2,1-5H3. The van der Waals surface area contributed by atoms with Gasteiger partial charge in [-0.05, 0) is 52.9 Å². The Morgan fingerprint density at radius 2 is 1.70 bits per heavy atom. The first-order valence-electron chi connectivity index (χ1n) is 8.18. The Morgan fingerprint density at radius 1 is 1.10 bits per heavy atom. The lowest BCUT2D eigenvalue weighted by molar-refractivity contribution is -0.121. The second kappa shape index (κ2) is 5.94. The van der Waals surface area contributed by atoms with E-state index in [1.54, 1.807) is 7.11 Å². The largest absolute Gasteiger partial charge is 0.390 e. The molecule has 3 nitrogen and oxygen atoms in total. The van der Waals surface area contributed by atoms with Gasteiger partial charge in [0.15, 0.2) is 0 Å². The van der Waals surface area contributed by atoms with E-state index in [0.29, 0.717) is 5.92 Å². The number of aliphatic hydroxyl groups excluding tert-OH is 1. The summed E-state index contributed by atoms with van der Waals surface area (Å²) in [5.74, 6) is 0.646. The van der Waals surface area contributed by atoms with E-state index in [1.165, 1.54) is 32.1 Å². The molecule has 1 aliphatic carbocycles. The van der Waals surface area contributed by atoms with E-state index in [2.05, 4.69) is 27.7 Å². The maximum atomic E-state index is 10.9. The molecule has 0 amide bonds. The summed E-state index contributed by atoms with van der Waals surface area (Å²) < 4.78 is 11.9. The van der Waals surface area contributed by atoms with E-state index >= 15 is 0 Å². The number of rotatable bonds is 4. The van der Waals surface area contributed by atoms with E-state index in [1.807, 2.05) is 0 Å². The Hall–Kier alpha value is -0.120. The first kappa shape index (κ1) is 16.3. The van der Waals surface area contributed by atoms with Gasteiger partial charge in [-0.25, -0.2) is 0 Å². The van der Waals surface area contributed by atoms with Gasteiger partial charge >= 0.3 is 0 Å². The van der Waals surface area contributed by atoms with E-state index < -0.39 is 6.10 Å². The fourth-order valence-electron chi connectivity index (χ4n) is 4.44. The molecule has 3 unspecified atom stereocenters. The van der Waals surface area contributed by atoms with Crippen LogP contribution in [0.3, 0.4) is 0 Å². The summed E-state index contributed by atoms with van der Waals surface area (Å²) in [4.78, 5) is 0. The molecule has 118 valence electrons. The van der Waals surface area contributed by atoms with Gasteiger partial charge in [0.2, 0.25) is 0 Å². The molecular formula is C17H32O3. The summed E-state index contributed by atoms with van der Waals surface area (Å²) in [5, 5.41) is 10.9. The van der Waals surface area contributed by atoms with E-state index in [4.69, 9.17) is 9.47 Å². The van der Waals surface area contributed by atoms with Crippen LogP contribution in [0.1, 0.15) is 66.2 Å². The highest BCUT2D eigenvalue weighted by molar-refractivity contribution is 5.00. The van der Waals surface area contributed by atoms with Crippen LogP contribution < -0.4 is 0 Å². The van der Waals surface area contributed by atoms with Crippen LogP contribution in [-0.2, 0) is 9.47 Å². The van der Waals surface area contributed by atoms with Gasteiger partial charge in [0.1, 0.15) is 0 Å². The van der Waals surface area contributed by atoms with Crippen molar-refractivity contribution in [2.45, 2.75) is 89.6 Å². The maximum absolute atomic E-state index is 10.9. The monoisotopic (exact) mass is 284 g/mol. The Balaban J connectivity index is 2.09. The highest BCUT2D eigenvalue weighted by Crippen LogP contribution is 2.45. The lowest BCUT2D eigenvalue weighted by Crippen LogP contribution is -2.46. The molecular weight excluding hydrogens is 252 g/mol. The molecule has 1 saturated carbocycles. The highest BCUT2D eigenvalue weighted by Gasteiger charge is 2.51. The van der Waals surface area contributed by atoms with Crippen molar-refractivity contribution in [3.8, 4) is 0 Å². The molecule has 20 heavy (non-hydrogen) atoms. The third-order valence-electron chi connectivity index (χ3n) is 5.28. The first-order chi connectivity index (χ1) is 9.27. The number of hydrogen-bond donors (Lipinski definition) is 1. The van der Waals surface area contributed by atoms with E-state index in [9.17, 15) is 5.11 Å². The van der Waals surface area contributed by atoms with Crippen molar-refractivity contribution in [3.63, 3.8) is 0 Å². The molecule has 3 heteroatoms. The average molecular weight is 284 g/mol. The molecule has 1 aliphatic heterocycles. The van der Waals surface area contributed by atoms with E-state index in [0.717, 1.165) is 6.42 Å². The van der Waals surface area contributed by atoms with Gasteiger partial charge in [0, 0.05) is 13.0 Å². The average Bonchev–Trinajstić information content (AvgIpc) is 2.59. The minimum Gasteiger partial charge on any atom is -0.390 e. The van der Waals surface area contributed by atoms with Crippen LogP contribution in [0.5, 0.6) is 0 Å². The van der Waals surface area contributed by atoms with Gasteiger partial charge < -0.3 is 14.6 Å². The molecule has 0 bridgehead atoms. The minimum atomic E-state index is -0.431. The predicted molar refractivity (Wildman–Crippen MR) is 80.7 cm³/mol. The number of hydrogen-bond acceptors (Lipinski definition) is 3. The molecule has 1 saturated heterocycles. The first-order valence-corrected chi connectivity index (χ1v) is 8.18. The molecule has 2 rings (SSSR count). The fourth-order valence-corrected chi connectivity index (χ4v) is 4.44.